The maximum Gasteiger partial charge on any atom is 0.230 e. The van der Waals surface area contributed by atoms with E-state index in [0.29, 0.717) is 11.3 Å². The van der Waals surface area contributed by atoms with Crippen molar-refractivity contribution in [1.29, 1.82) is 0 Å². The Kier molecular flexibility index (Phi) is 5.44. The summed E-state index contributed by atoms with van der Waals surface area (Å²) in [7, 11) is 0. The van der Waals surface area contributed by atoms with E-state index in [-0.39, 0.29) is 23.9 Å². The number of halogens is 1. The van der Waals surface area contributed by atoms with Gasteiger partial charge < -0.3 is 16.3 Å². The monoisotopic (exact) mass is 271 g/mol. The van der Waals surface area contributed by atoms with E-state index in [9.17, 15) is 9.18 Å². The number of amidine groups is 1. The zero-order valence-electron chi connectivity index (χ0n) is 9.81. The Balaban J connectivity index is 2.71. The summed E-state index contributed by atoms with van der Waals surface area (Å²) < 4.78 is 13.6. The highest BCUT2D eigenvalue weighted by Crippen LogP contribution is 2.10. The van der Waals surface area contributed by atoms with Crippen LogP contribution < -0.4 is 11.1 Å². The lowest BCUT2D eigenvalue weighted by molar-refractivity contribution is -0.118. The van der Waals surface area contributed by atoms with E-state index in [1.807, 2.05) is 6.26 Å². The predicted molar refractivity (Wildman–Crippen MR) is 69.1 cm³/mol. The molecule has 0 spiro atoms. The molecule has 0 saturated heterocycles. The fourth-order valence-electron chi connectivity index (χ4n) is 1.28. The molecule has 0 saturated carbocycles. The second kappa shape index (κ2) is 6.85. The summed E-state index contributed by atoms with van der Waals surface area (Å²) in [5, 5.41) is 13.8. The first-order valence-electron chi connectivity index (χ1n) is 5.10. The minimum atomic E-state index is -0.511. The number of nitrogens with two attached hydrogens (primary N) is 1. The quantitative estimate of drug-likeness (QED) is 0.321. The molecule has 0 aromatic heterocycles. The van der Waals surface area contributed by atoms with Crippen LogP contribution in [0.5, 0.6) is 0 Å². The highest BCUT2D eigenvalue weighted by atomic mass is 32.2. The van der Waals surface area contributed by atoms with Crippen LogP contribution in [0.15, 0.2) is 23.4 Å². The summed E-state index contributed by atoms with van der Waals surface area (Å²) in [5.41, 5.74) is 5.97. The van der Waals surface area contributed by atoms with Gasteiger partial charge in [0.25, 0.3) is 0 Å². The lowest BCUT2D eigenvalue weighted by Crippen LogP contribution is -2.25. The number of carbonyl (C=O) groups excluding carboxylic acids is 1. The molecule has 1 rings (SSSR count). The molecule has 0 radical (unpaired) electrons. The summed E-state index contributed by atoms with van der Waals surface area (Å²) in [6, 6.07) is 4.17. The largest absolute Gasteiger partial charge is 0.409 e. The SMILES string of the molecule is CSCC(=O)NCc1ccc(C(N)=NO)cc1F. The van der Waals surface area contributed by atoms with E-state index in [1.54, 1.807) is 0 Å². The maximum atomic E-state index is 13.6. The van der Waals surface area contributed by atoms with E-state index in [0.717, 1.165) is 6.07 Å². The third-order valence-corrected chi connectivity index (χ3v) is 2.76. The van der Waals surface area contributed by atoms with Crippen molar-refractivity contribution in [2.75, 3.05) is 12.0 Å². The molecule has 0 aliphatic carbocycles. The molecule has 7 heteroatoms. The molecule has 0 aliphatic heterocycles. The van der Waals surface area contributed by atoms with Gasteiger partial charge in [0, 0.05) is 17.7 Å². The smallest absolute Gasteiger partial charge is 0.230 e. The van der Waals surface area contributed by atoms with Gasteiger partial charge in [-0.25, -0.2) is 4.39 Å². The summed E-state index contributed by atoms with van der Waals surface area (Å²) in [6.45, 7) is 0.113. The van der Waals surface area contributed by atoms with Crippen molar-refractivity contribution in [1.82, 2.24) is 5.32 Å². The molecule has 4 N–H and O–H groups in total. The van der Waals surface area contributed by atoms with Crippen LogP contribution in [-0.4, -0.2) is 29.0 Å². The first-order chi connectivity index (χ1) is 8.58. The van der Waals surface area contributed by atoms with Gasteiger partial charge in [0.2, 0.25) is 5.91 Å². The minimum Gasteiger partial charge on any atom is -0.409 e. The molecule has 5 nitrogen and oxygen atoms in total. The zero-order chi connectivity index (χ0) is 13.5. The van der Waals surface area contributed by atoms with Crippen molar-refractivity contribution >= 4 is 23.5 Å². The summed E-state index contributed by atoms with van der Waals surface area (Å²) >= 11 is 1.39. The van der Waals surface area contributed by atoms with Crippen LogP contribution in [0.1, 0.15) is 11.1 Å². The topological polar surface area (TPSA) is 87.7 Å². The van der Waals surface area contributed by atoms with Crippen molar-refractivity contribution in [3.63, 3.8) is 0 Å². The van der Waals surface area contributed by atoms with E-state index in [2.05, 4.69) is 10.5 Å². The molecule has 0 unspecified atom stereocenters. The standard InChI is InChI=1S/C11H14FN3O2S/c1-18-6-10(16)14-5-8-3-2-7(4-9(8)12)11(13)15-17/h2-4,17H,5-6H2,1H3,(H2,13,15)(H,14,16). The average Bonchev–Trinajstić information content (AvgIpc) is 2.36. The van der Waals surface area contributed by atoms with Crippen molar-refractivity contribution in [3.8, 4) is 0 Å². The Hall–Kier alpha value is -1.76. The molecule has 0 atom stereocenters. The van der Waals surface area contributed by atoms with Crippen molar-refractivity contribution in [2.45, 2.75) is 6.54 Å². The number of hydrogen-bond donors (Lipinski definition) is 3. The van der Waals surface area contributed by atoms with Crippen LogP contribution in [0, 0.1) is 5.82 Å². The number of hydrogen-bond acceptors (Lipinski definition) is 4. The zero-order valence-corrected chi connectivity index (χ0v) is 10.6. The Bertz CT molecular complexity index is 466. The summed E-state index contributed by atoms with van der Waals surface area (Å²) in [5.74, 6) is -0.484. The molecule has 0 fully saturated rings. The number of nitrogens with zero attached hydrogens (tertiary/aromatic N) is 1. The van der Waals surface area contributed by atoms with Gasteiger partial charge in [-0.15, -0.1) is 0 Å². The Morgan fingerprint density at radius 1 is 1.61 bits per heavy atom. The summed E-state index contributed by atoms with van der Waals surface area (Å²) in [6.07, 6.45) is 1.81. The summed E-state index contributed by atoms with van der Waals surface area (Å²) in [4.78, 5) is 11.2. The third-order valence-electron chi connectivity index (χ3n) is 2.21. The normalized spacial score (nSPS) is 11.3. The molecule has 0 bridgehead atoms. The average molecular weight is 271 g/mol. The van der Waals surface area contributed by atoms with Crippen LogP contribution in [0.4, 0.5) is 4.39 Å². The number of thioether (sulfide) groups is 1. The van der Waals surface area contributed by atoms with Crippen LogP contribution in [0.2, 0.25) is 0 Å². The first kappa shape index (κ1) is 14.3. The lowest BCUT2D eigenvalue weighted by Gasteiger charge is -2.07. The lowest BCUT2D eigenvalue weighted by atomic mass is 10.1. The van der Waals surface area contributed by atoms with Gasteiger partial charge in [-0.3, -0.25) is 4.79 Å². The Morgan fingerprint density at radius 3 is 2.89 bits per heavy atom. The van der Waals surface area contributed by atoms with Gasteiger partial charge in [-0.05, 0) is 12.3 Å². The molecule has 98 valence electrons. The van der Waals surface area contributed by atoms with Gasteiger partial charge in [-0.1, -0.05) is 17.3 Å². The predicted octanol–water partition coefficient (Wildman–Crippen LogP) is 0.899. The molecule has 1 aromatic carbocycles. The van der Waals surface area contributed by atoms with E-state index >= 15 is 0 Å². The molecular weight excluding hydrogens is 257 g/mol. The molecular formula is C11H14FN3O2S. The number of nitrogens with one attached hydrogen (secondary N) is 1. The second-order valence-corrected chi connectivity index (χ2v) is 4.37. The van der Waals surface area contributed by atoms with Crippen LogP contribution in [-0.2, 0) is 11.3 Å². The molecule has 18 heavy (non-hydrogen) atoms. The van der Waals surface area contributed by atoms with E-state index in [1.165, 1.54) is 23.9 Å². The maximum absolute atomic E-state index is 13.6. The van der Waals surface area contributed by atoms with Gasteiger partial charge in [0.05, 0.1) is 5.75 Å². The molecule has 0 heterocycles. The van der Waals surface area contributed by atoms with E-state index < -0.39 is 5.82 Å². The second-order valence-electron chi connectivity index (χ2n) is 3.50. The fourth-order valence-corrected chi connectivity index (χ4v) is 1.65. The number of benzene rings is 1. The molecule has 0 aliphatic rings. The highest BCUT2D eigenvalue weighted by molar-refractivity contribution is 7.99. The molecule has 1 aromatic rings. The highest BCUT2D eigenvalue weighted by Gasteiger charge is 2.07. The number of rotatable bonds is 5. The van der Waals surface area contributed by atoms with Crippen molar-refractivity contribution in [2.24, 2.45) is 10.9 Å². The Labute approximate surface area is 108 Å². The van der Waals surface area contributed by atoms with Gasteiger partial charge in [-0.2, -0.15) is 11.8 Å². The number of carbonyl (C=O) groups is 1. The number of oxime groups is 1. The Morgan fingerprint density at radius 2 is 2.33 bits per heavy atom. The van der Waals surface area contributed by atoms with E-state index in [4.69, 9.17) is 10.9 Å². The van der Waals surface area contributed by atoms with Gasteiger partial charge >= 0.3 is 0 Å². The molecule has 1 amide bonds. The number of amides is 1. The third kappa shape index (κ3) is 3.92. The first-order valence-corrected chi connectivity index (χ1v) is 6.49. The van der Waals surface area contributed by atoms with Gasteiger partial charge in [0.15, 0.2) is 5.84 Å². The van der Waals surface area contributed by atoms with Gasteiger partial charge in [0.1, 0.15) is 5.82 Å². The fraction of sp³-hybridized carbons (Fsp3) is 0.273. The minimum absolute atomic E-state index is 0.113. The van der Waals surface area contributed by atoms with Crippen molar-refractivity contribution < 1.29 is 14.4 Å². The van der Waals surface area contributed by atoms with Crippen LogP contribution in [0.25, 0.3) is 0 Å². The van der Waals surface area contributed by atoms with Crippen LogP contribution in [0.3, 0.4) is 0 Å². The van der Waals surface area contributed by atoms with Crippen LogP contribution >= 0.6 is 11.8 Å². The van der Waals surface area contributed by atoms with Crippen molar-refractivity contribution in [3.05, 3.63) is 35.1 Å².